The Balaban J connectivity index is 2.81. The molecule has 0 heterocycles. The SMILES string of the molecule is Cc1ccc(SCCS(C)(=O)=O)c(C(=O)O)c1. The van der Waals surface area contributed by atoms with Crippen LogP contribution in [0.25, 0.3) is 0 Å². The second-order valence-corrected chi connectivity index (χ2v) is 7.18. The van der Waals surface area contributed by atoms with Crippen LogP contribution in [0.15, 0.2) is 23.1 Å². The number of thioether (sulfide) groups is 1. The topological polar surface area (TPSA) is 71.4 Å². The number of aromatic carboxylic acids is 1. The van der Waals surface area contributed by atoms with Crippen molar-refractivity contribution in [2.24, 2.45) is 0 Å². The van der Waals surface area contributed by atoms with Gasteiger partial charge in [0.2, 0.25) is 0 Å². The Morgan fingerprint density at radius 2 is 2.06 bits per heavy atom. The van der Waals surface area contributed by atoms with Gasteiger partial charge in [0.1, 0.15) is 9.84 Å². The lowest BCUT2D eigenvalue weighted by atomic mass is 10.1. The predicted molar refractivity (Wildman–Crippen MR) is 68.6 cm³/mol. The highest BCUT2D eigenvalue weighted by Gasteiger charge is 2.11. The fourth-order valence-corrected chi connectivity index (χ4v) is 3.47. The van der Waals surface area contributed by atoms with Crippen LogP contribution in [0, 0.1) is 6.92 Å². The summed E-state index contributed by atoms with van der Waals surface area (Å²) in [5.74, 6) is -0.581. The Labute approximate surface area is 105 Å². The Morgan fingerprint density at radius 3 is 2.59 bits per heavy atom. The van der Waals surface area contributed by atoms with E-state index in [2.05, 4.69) is 0 Å². The zero-order valence-electron chi connectivity index (χ0n) is 9.63. The van der Waals surface area contributed by atoms with E-state index < -0.39 is 15.8 Å². The average Bonchev–Trinajstić information content (AvgIpc) is 2.18. The van der Waals surface area contributed by atoms with Crippen LogP contribution in [0.2, 0.25) is 0 Å². The van der Waals surface area contributed by atoms with Crippen LogP contribution in [-0.2, 0) is 9.84 Å². The van der Waals surface area contributed by atoms with Crippen molar-refractivity contribution in [3.63, 3.8) is 0 Å². The molecule has 4 nitrogen and oxygen atoms in total. The van der Waals surface area contributed by atoms with E-state index in [0.717, 1.165) is 5.56 Å². The van der Waals surface area contributed by atoms with Crippen molar-refractivity contribution in [1.82, 2.24) is 0 Å². The number of carboxylic acid groups (broad SMARTS) is 1. The van der Waals surface area contributed by atoms with Gasteiger partial charge in [-0.05, 0) is 19.1 Å². The van der Waals surface area contributed by atoms with E-state index in [1.54, 1.807) is 12.1 Å². The van der Waals surface area contributed by atoms with Crippen molar-refractivity contribution in [3.05, 3.63) is 29.3 Å². The van der Waals surface area contributed by atoms with Gasteiger partial charge in [0.05, 0.1) is 11.3 Å². The molecule has 1 N–H and O–H groups in total. The molecule has 0 aliphatic rings. The molecular weight excluding hydrogens is 260 g/mol. The number of rotatable bonds is 5. The summed E-state index contributed by atoms with van der Waals surface area (Å²) in [6.45, 7) is 1.82. The van der Waals surface area contributed by atoms with Crippen molar-refractivity contribution in [1.29, 1.82) is 0 Å². The molecule has 0 aliphatic carbocycles. The Bertz CT molecular complexity index is 520. The maximum absolute atomic E-state index is 11.0. The highest BCUT2D eigenvalue weighted by Crippen LogP contribution is 2.24. The zero-order chi connectivity index (χ0) is 13.1. The van der Waals surface area contributed by atoms with Crippen LogP contribution in [0.4, 0.5) is 0 Å². The summed E-state index contributed by atoms with van der Waals surface area (Å²) in [6, 6.07) is 5.12. The van der Waals surface area contributed by atoms with Crippen LogP contribution in [0.5, 0.6) is 0 Å². The summed E-state index contributed by atoms with van der Waals surface area (Å²) in [6.07, 6.45) is 1.17. The van der Waals surface area contributed by atoms with Crippen LogP contribution < -0.4 is 0 Å². The molecule has 0 bridgehead atoms. The van der Waals surface area contributed by atoms with Crippen LogP contribution in [-0.4, -0.2) is 37.3 Å². The minimum absolute atomic E-state index is 0.0462. The molecule has 6 heteroatoms. The van der Waals surface area contributed by atoms with E-state index in [1.807, 2.05) is 13.0 Å². The summed E-state index contributed by atoms with van der Waals surface area (Å²) in [7, 11) is -3.00. The number of hydrogen-bond acceptors (Lipinski definition) is 4. The third-order valence-corrected chi connectivity index (χ3v) is 4.36. The number of hydrogen-bond donors (Lipinski definition) is 1. The summed E-state index contributed by atoms with van der Waals surface area (Å²) in [5, 5.41) is 9.02. The second-order valence-electron chi connectivity index (χ2n) is 3.78. The molecular formula is C11H14O4S2. The minimum atomic E-state index is -3.00. The van der Waals surface area contributed by atoms with Gasteiger partial charge >= 0.3 is 5.97 Å². The molecule has 0 atom stereocenters. The van der Waals surface area contributed by atoms with Crippen LogP contribution in [0.1, 0.15) is 15.9 Å². The van der Waals surface area contributed by atoms with Gasteiger partial charge in [-0.25, -0.2) is 13.2 Å². The average molecular weight is 274 g/mol. The lowest BCUT2D eigenvalue weighted by Crippen LogP contribution is -2.06. The number of aryl methyl sites for hydroxylation is 1. The molecule has 1 aromatic rings. The van der Waals surface area contributed by atoms with Crippen molar-refractivity contribution in [2.75, 3.05) is 17.8 Å². The van der Waals surface area contributed by atoms with Gasteiger partial charge in [0.25, 0.3) is 0 Å². The fourth-order valence-electron chi connectivity index (χ4n) is 1.24. The summed E-state index contributed by atoms with van der Waals surface area (Å²) in [4.78, 5) is 11.6. The lowest BCUT2D eigenvalue weighted by molar-refractivity contribution is 0.0693. The number of carboxylic acids is 1. The van der Waals surface area contributed by atoms with Gasteiger partial charge in [-0.15, -0.1) is 11.8 Å². The minimum Gasteiger partial charge on any atom is -0.478 e. The molecule has 0 aromatic heterocycles. The smallest absolute Gasteiger partial charge is 0.336 e. The largest absolute Gasteiger partial charge is 0.478 e. The van der Waals surface area contributed by atoms with E-state index in [-0.39, 0.29) is 11.3 Å². The predicted octanol–water partition coefficient (Wildman–Crippen LogP) is 1.83. The first kappa shape index (κ1) is 14.1. The van der Waals surface area contributed by atoms with E-state index in [1.165, 1.54) is 18.0 Å². The zero-order valence-corrected chi connectivity index (χ0v) is 11.3. The van der Waals surface area contributed by atoms with E-state index in [0.29, 0.717) is 10.6 Å². The Morgan fingerprint density at radius 1 is 1.41 bits per heavy atom. The van der Waals surface area contributed by atoms with Crippen molar-refractivity contribution < 1.29 is 18.3 Å². The highest BCUT2D eigenvalue weighted by molar-refractivity contribution is 8.00. The molecule has 0 unspecified atom stereocenters. The van der Waals surface area contributed by atoms with Crippen LogP contribution in [0.3, 0.4) is 0 Å². The molecule has 0 aliphatic heterocycles. The first-order valence-electron chi connectivity index (χ1n) is 4.94. The molecule has 0 fully saturated rings. The highest BCUT2D eigenvalue weighted by atomic mass is 32.2. The van der Waals surface area contributed by atoms with Crippen molar-refractivity contribution in [2.45, 2.75) is 11.8 Å². The quantitative estimate of drug-likeness (QED) is 0.829. The summed E-state index contributed by atoms with van der Waals surface area (Å²) >= 11 is 1.25. The summed E-state index contributed by atoms with van der Waals surface area (Å²) < 4.78 is 21.9. The normalized spacial score (nSPS) is 11.4. The lowest BCUT2D eigenvalue weighted by Gasteiger charge is -2.06. The van der Waals surface area contributed by atoms with Gasteiger partial charge in [-0.3, -0.25) is 0 Å². The maximum atomic E-state index is 11.0. The number of benzene rings is 1. The van der Waals surface area contributed by atoms with Gasteiger partial charge in [0.15, 0.2) is 0 Å². The molecule has 17 heavy (non-hydrogen) atoms. The van der Waals surface area contributed by atoms with E-state index in [4.69, 9.17) is 5.11 Å². The van der Waals surface area contributed by atoms with Gasteiger partial charge in [-0.2, -0.15) is 0 Å². The fraction of sp³-hybridized carbons (Fsp3) is 0.364. The van der Waals surface area contributed by atoms with Gasteiger partial charge < -0.3 is 5.11 Å². The molecule has 0 saturated carbocycles. The molecule has 1 rings (SSSR count). The molecule has 1 aromatic carbocycles. The Kier molecular flexibility index (Phi) is 4.59. The standard InChI is InChI=1S/C11H14O4S2/c1-8-3-4-10(9(7-8)11(12)13)16-5-6-17(2,14)15/h3-4,7H,5-6H2,1-2H3,(H,12,13). The van der Waals surface area contributed by atoms with E-state index in [9.17, 15) is 13.2 Å². The summed E-state index contributed by atoms with van der Waals surface area (Å²) in [5.41, 5.74) is 1.10. The first-order chi connectivity index (χ1) is 7.79. The number of sulfone groups is 1. The van der Waals surface area contributed by atoms with Gasteiger partial charge in [0, 0.05) is 16.9 Å². The molecule has 0 saturated heterocycles. The molecule has 94 valence electrons. The monoisotopic (exact) mass is 274 g/mol. The number of carbonyl (C=O) groups is 1. The third kappa shape index (κ3) is 4.79. The first-order valence-corrected chi connectivity index (χ1v) is 7.98. The van der Waals surface area contributed by atoms with E-state index >= 15 is 0 Å². The molecule has 0 spiro atoms. The second kappa shape index (κ2) is 5.55. The third-order valence-electron chi connectivity index (χ3n) is 2.08. The van der Waals surface area contributed by atoms with Crippen molar-refractivity contribution in [3.8, 4) is 0 Å². The van der Waals surface area contributed by atoms with Crippen LogP contribution >= 0.6 is 11.8 Å². The van der Waals surface area contributed by atoms with Crippen molar-refractivity contribution >= 4 is 27.6 Å². The van der Waals surface area contributed by atoms with Gasteiger partial charge in [-0.1, -0.05) is 11.6 Å². The maximum Gasteiger partial charge on any atom is 0.336 e. The molecule has 0 amide bonds. The Hall–Kier alpha value is -1.01. The molecule has 0 radical (unpaired) electrons.